The van der Waals surface area contributed by atoms with Crippen molar-refractivity contribution in [1.29, 1.82) is 5.26 Å². The molecular formula is C10H8N2O. The average molecular weight is 172 g/mol. The summed E-state index contributed by atoms with van der Waals surface area (Å²) in [5, 5.41) is 11.1. The van der Waals surface area contributed by atoms with E-state index in [1.165, 1.54) is 6.08 Å². The molecule has 1 N–H and O–H groups in total. The Bertz CT molecular complexity index is 360. The molecule has 0 atom stereocenters. The van der Waals surface area contributed by atoms with E-state index in [1.54, 1.807) is 24.3 Å². The molecule has 1 rings (SSSR count). The molecule has 0 bridgehead atoms. The number of benzene rings is 1. The predicted octanol–water partition coefficient (Wildman–Crippen LogP) is 1.68. The molecule has 13 heavy (non-hydrogen) atoms. The van der Waals surface area contributed by atoms with Crippen LogP contribution in [0.5, 0.6) is 0 Å². The van der Waals surface area contributed by atoms with Crippen LogP contribution in [0.3, 0.4) is 0 Å². The molecule has 64 valence electrons. The van der Waals surface area contributed by atoms with E-state index in [9.17, 15) is 4.79 Å². The Morgan fingerprint density at radius 1 is 1.46 bits per heavy atom. The maximum Gasteiger partial charge on any atom is 0.247 e. The van der Waals surface area contributed by atoms with Gasteiger partial charge in [-0.1, -0.05) is 6.58 Å². The van der Waals surface area contributed by atoms with Crippen LogP contribution < -0.4 is 5.32 Å². The van der Waals surface area contributed by atoms with E-state index in [0.717, 1.165) is 0 Å². The summed E-state index contributed by atoms with van der Waals surface area (Å²) in [5.74, 6) is -0.260. The first-order valence-electron chi connectivity index (χ1n) is 3.70. The van der Waals surface area contributed by atoms with Crippen LogP contribution in [0.4, 0.5) is 5.69 Å². The zero-order chi connectivity index (χ0) is 9.68. The van der Waals surface area contributed by atoms with Crippen LogP contribution in [0.1, 0.15) is 5.56 Å². The number of anilines is 1. The molecule has 1 amide bonds. The largest absolute Gasteiger partial charge is 0.323 e. The maximum absolute atomic E-state index is 10.8. The number of rotatable bonds is 2. The molecule has 0 aliphatic carbocycles. The van der Waals surface area contributed by atoms with Crippen LogP contribution in [-0.2, 0) is 4.79 Å². The lowest BCUT2D eigenvalue weighted by Gasteiger charge is -2.00. The summed E-state index contributed by atoms with van der Waals surface area (Å²) in [6.07, 6.45) is 1.19. The lowest BCUT2D eigenvalue weighted by molar-refractivity contribution is -0.111. The van der Waals surface area contributed by atoms with Gasteiger partial charge < -0.3 is 5.32 Å². The summed E-state index contributed by atoms with van der Waals surface area (Å²) < 4.78 is 0. The summed E-state index contributed by atoms with van der Waals surface area (Å²) >= 11 is 0. The maximum atomic E-state index is 10.8. The number of carbonyl (C=O) groups is 1. The number of hydrogen-bond acceptors (Lipinski definition) is 2. The van der Waals surface area contributed by atoms with Crippen LogP contribution in [-0.4, -0.2) is 5.91 Å². The van der Waals surface area contributed by atoms with Gasteiger partial charge in [0.1, 0.15) is 0 Å². The Morgan fingerprint density at radius 3 is 2.54 bits per heavy atom. The normalized spacial score (nSPS) is 8.54. The number of carbonyl (C=O) groups excluding carboxylic acids is 1. The Balaban J connectivity index is 2.76. The highest BCUT2D eigenvalue weighted by atomic mass is 16.1. The first kappa shape index (κ1) is 9.01. The molecule has 0 saturated carbocycles. The fraction of sp³-hybridized carbons (Fsp3) is 0. The molecule has 3 nitrogen and oxygen atoms in total. The van der Waals surface area contributed by atoms with Crippen LogP contribution >= 0.6 is 0 Å². The van der Waals surface area contributed by atoms with Gasteiger partial charge in [-0.2, -0.15) is 5.26 Å². The minimum Gasteiger partial charge on any atom is -0.323 e. The quantitative estimate of drug-likeness (QED) is 0.690. The molecule has 0 aliphatic rings. The van der Waals surface area contributed by atoms with Crippen LogP contribution in [0.15, 0.2) is 36.9 Å². The monoisotopic (exact) mass is 172 g/mol. The fourth-order valence-corrected chi connectivity index (χ4v) is 0.821. The Labute approximate surface area is 76.3 Å². The minimum atomic E-state index is -0.260. The molecule has 0 fully saturated rings. The smallest absolute Gasteiger partial charge is 0.247 e. The molecule has 0 spiro atoms. The van der Waals surface area contributed by atoms with Crippen molar-refractivity contribution in [2.75, 3.05) is 5.32 Å². The lowest BCUT2D eigenvalue weighted by Crippen LogP contribution is -2.06. The minimum absolute atomic E-state index is 0.260. The lowest BCUT2D eigenvalue weighted by atomic mass is 10.2. The SMILES string of the molecule is C=CC(=O)Nc1ccc(C#N)cc1. The van der Waals surface area contributed by atoms with Gasteiger partial charge in [0.25, 0.3) is 0 Å². The van der Waals surface area contributed by atoms with E-state index in [4.69, 9.17) is 5.26 Å². The van der Waals surface area contributed by atoms with Crippen molar-refractivity contribution in [3.63, 3.8) is 0 Å². The van der Waals surface area contributed by atoms with Crippen molar-refractivity contribution in [2.24, 2.45) is 0 Å². The molecular weight excluding hydrogens is 164 g/mol. The van der Waals surface area contributed by atoms with Gasteiger partial charge >= 0.3 is 0 Å². The van der Waals surface area contributed by atoms with Crippen molar-refractivity contribution in [3.8, 4) is 6.07 Å². The number of nitriles is 1. The molecule has 0 heterocycles. The second kappa shape index (κ2) is 4.07. The van der Waals surface area contributed by atoms with E-state index in [-0.39, 0.29) is 5.91 Å². The van der Waals surface area contributed by atoms with Gasteiger partial charge in [0, 0.05) is 5.69 Å². The van der Waals surface area contributed by atoms with Gasteiger partial charge in [-0.05, 0) is 30.3 Å². The van der Waals surface area contributed by atoms with Gasteiger partial charge in [0.05, 0.1) is 11.6 Å². The topological polar surface area (TPSA) is 52.9 Å². The van der Waals surface area contributed by atoms with Crippen molar-refractivity contribution < 1.29 is 4.79 Å². The van der Waals surface area contributed by atoms with E-state index < -0.39 is 0 Å². The summed E-state index contributed by atoms with van der Waals surface area (Å²) in [5.41, 5.74) is 1.22. The van der Waals surface area contributed by atoms with Gasteiger partial charge in [-0.15, -0.1) is 0 Å². The van der Waals surface area contributed by atoms with Crippen molar-refractivity contribution in [2.45, 2.75) is 0 Å². The van der Waals surface area contributed by atoms with Crippen LogP contribution in [0.25, 0.3) is 0 Å². The predicted molar refractivity (Wildman–Crippen MR) is 50.0 cm³/mol. The molecule has 0 aromatic heterocycles. The summed E-state index contributed by atoms with van der Waals surface area (Å²) in [6.45, 7) is 3.33. The molecule has 3 heteroatoms. The van der Waals surface area contributed by atoms with Crippen molar-refractivity contribution >= 4 is 11.6 Å². The van der Waals surface area contributed by atoms with E-state index >= 15 is 0 Å². The standard InChI is InChI=1S/C10H8N2O/c1-2-10(13)12-9-5-3-8(7-11)4-6-9/h2-6H,1H2,(H,12,13). The van der Waals surface area contributed by atoms with Gasteiger partial charge in [-0.25, -0.2) is 0 Å². The van der Waals surface area contributed by atoms with Crippen molar-refractivity contribution in [1.82, 2.24) is 0 Å². The van der Waals surface area contributed by atoms with Gasteiger partial charge in [0.15, 0.2) is 0 Å². The molecule has 0 radical (unpaired) electrons. The first-order valence-corrected chi connectivity index (χ1v) is 3.70. The van der Waals surface area contributed by atoms with Crippen molar-refractivity contribution in [3.05, 3.63) is 42.5 Å². The number of amides is 1. The Hall–Kier alpha value is -2.08. The van der Waals surface area contributed by atoms with Gasteiger partial charge in [-0.3, -0.25) is 4.79 Å². The summed E-state index contributed by atoms with van der Waals surface area (Å²) in [4.78, 5) is 10.8. The van der Waals surface area contributed by atoms with E-state index in [2.05, 4.69) is 11.9 Å². The van der Waals surface area contributed by atoms with E-state index in [0.29, 0.717) is 11.3 Å². The molecule has 0 saturated heterocycles. The van der Waals surface area contributed by atoms with Gasteiger partial charge in [0.2, 0.25) is 5.91 Å². The Morgan fingerprint density at radius 2 is 2.08 bits per heavy atom. The third kappa shape index (κ3) is 2.46. The Kier molecular flexibility index (Phi) is 2.82. The highest BCUT2D eigenvalue weighted by Crippen LogP contribution is 2.08. The number of nitrogens with zero attached hydrogens (tertiary/aromatic N) is 1. The zero-order valence-electron chi connectivity index (χ0n) is 6.95. The van der Waals surface area contributed by atoms with E-state index in [1.807, 2.05) is 6.07 Å². The second-order valence-corrected chi connectivity index (χ2v) is 2.38. The van der Waals surface area contributed by atoms with Crippen LogP contribution in [0.2, 0.25) is 0 Å². The third-order valence-corrected chi connectivity index (χ3v) is 1.47. The molecule has 1 aromatic rings. The third-order valence-electron chi connectivity index (χ3n) is 1.47. The zero-order valence-corrected chi connectivity index (χ0v) is 6.95. The highest BCUT2D eigenvalue weighted by molar-refractivity contribution is 5.98. The summed E-state index contributed by atoms with van der Waals surface area (Å²) in [6, 6.07) is 8.60. The fourth-order valence-electron chi connectivity index (χ4n) is 0.821. The molecule has 0 aliphatic heterocycles. The molecule has 0 unspecified atom stereocenters. The second-order valence-electron chi connectivity index (χ2n) is 2.38. The number of hydrogen-bond donors (Lipinski definition) is 1. The van der Waals surface area contributed by atoms with Crippen LogP contribution in [0, 0.1) is 11.3 Å². The average Bonchev–Trinajstić information content (AvgIpc) is 2.19. The highest BCUT2D eigenvalue weighted by Gasteiger charge is 1.95. The summed E-state index contributed by atoms with van der Waals surface area (Å²) in [7, 11) is 0. The number of nitrogens with one attached hydrogen (secondary N) is 1. The first-order chi connectivity index (χ1) is 6.26. The molecule has 1 aromatic carbocycles.